The van der Waals surface area contributed by atoms with Gasteiger partial charge in [-0.1, -0.05) is 26.7 Å². The fourth-order valence-corrected chi connectivity index (χ4v) is 2.85. The second-order valence-corrected chi connectivity index (χ2v) is 5.51. The maximum atomic E-state index is 10.9. The molecule has 0 amide bonds. The average molecular weight is 263 g/mol. The molecule has 1 aliphatic carbocycles. The molecule has 1 saturated carbocycles. The van der Waals surface area contributed by atoms with E-state index in [0.29, 0.717) is 23.8 Å². The number of nitrogens with zero attached hydrogens (tertiary/aromatic N) is 2. The Bertz CT molecular complexity index is 448. The minimum Gasteiger partial charge on any atom is -0.477 e. The summed E-state index contributed by atoms with van der Waals surface area (Å²) in [5.74, 6) is 0.623. The molecule has 0 aromatic carbocycles. The topological polar surface area (TPSA) is 75.1 Å². The summed E-state index contributed by atoms with van der Waals surface area (Å²) >= 11 is 0. The Balaban J connectivity index is 2.10. The molecule has 0 radical (unpaired) electrons. The van der Waals surface area contributed by atoms with Crippen LogP contribution in [0.5, 0.6) is 0 Å². The van der Waals surface area contributed by atoms with Crippen LogP contribution in [0.2, 0.25) is 0 Å². The molecule has 5 nitrogen and oxygen atoms in total. The number of aromatic nitrogens is 2. The molecule has 1 heterocycles. The van der Waals surface area contributed by atoms with Gasteiger partial charge < -0.3 is 10.4 Å². The Hall–Kier alpha value is -1.65. The number of carboxylic acid groups (broad SMARTS) is 1. The third-order valence-corrected chi connectivity index (χ3v) is 3.86. The summed E-state index contributed by atoms with van der Waals surface area (Å²) in [5.41, 5.74) is 0.0365. The molecule has 2 N–H and O–H groups in total. The summed E-state index contributed by atoms with van der Waals surface area (Å²) in [6.07, 6.45) is 6.29. The van der Waals surface area contributed by atoms with E-state index in [2.05, 4.69) is 29.1 Å². The summed E-state index contributed by atoms with van der Waals surface area (Å²) in [6, 6.07) is 1.76. The number of nitrogens with one attached hydrogen (secondary N) is 1. The van der Waals surface area contributed by atoms with Gasteiger partial charge in [-0.05, 0) is 30.7 Å². The van der Waals surface area contributed by atoms with Crippen molar-refractivity contribution in [2.75, 3.05) is 5.32 Å². The molecule has 2 rings (SSSR count). The second-order valence-electron chi connectivity index (χ2n) is 5.51. The number of hydrogen-bond acceptors (Lipinski definition) is 4. The quantitative estimate of drug-likeness (QED) is 0.873. The van der Waals surface area contributed by atoms with Crippen LogP contribution in [0, 0.1) is 11.8 Å². The van der Waals surface area contributed by atoms with Crippen molar-refractivity contribution in [3.05, 3.63) is 18.0 Å². The molecule has 104 valence electrons. The van der Waals surface area contributed by atoms with Gasteiger partial charge in [0.25, 0.3) is 0 Å². The minimum atomic E-state index is -1.02. The van der Waals surface area contributed by atoms with Gasteiger partial charge in [-0.2, -0.15) is 0 Å². The molecule has 2 unspecified atom stereocenters. The number of carboxylic acids is 1. The first kappa shape index (κ1) is 13.8. The van der Waals surface area contributed by atoms with Crippen molar-refractivity contribution < 1.29 is 9.90 Å². The smallest absolute Gasteiger partial charge is 0.354 e. The van der Waals surface area contributed by atoms with Crippen LogP contribution in [0.1, 0.15) is 50.0 Å². The summed E-state index contributed by atoms with van der Waals surface area (Å²) in [4.78, 5) is 19.1. The Morgan fingerprint density at radius 2 is 2.16 bits per heavy atom. The van der Waals surface area contributed by atoms with Crippen LogP contribution in [0.15, 0.2) is 12.3 Å². The van der Waals surface area contributed by atoms with Crippen molar-refractivity contribution in [3.8, 4) is 0 Å². The molecule has 1 aliphatic rings. The normalized spacial score (nSPS) is 23.3. The monoisotopic (exact) mass is 263 g/mol. The van der Waals surface area contributed by atoms with Gasteiger partial charge in [0.2, 0.25) is 5.95 Å². The molecule has 1 aromatic heterocycles. The van der Waals surface area contributed by atoms with Crippen LogP contribution in [0.25, 0.3) is 0 Å². The first-order valence-electron chi connectivity index (χ1n) is 6.91. The largest absolute Gasteiger partial charge is 0.477 e. The maximum absolute atomic E-state index is 10.9. The number of rotatable bonds is 4. The van der Waals surface area contributed by atoms with E-state index in [9.17, 15) is 4.79 Å². The SMILES string of the molecule is CC(C)C1CCCCC1Nc1nccc(C(=O)O)n1. The van der Waals surface area contributed by atoms with Gasteiger partial charge in [-0.25, -0.2) is 14.8 Å². The Labute approximate surface area is 113 Å². The minimum absolute atomic E-state index is 0.0365. The molecule has 0 aliphatic heterocycles. The predicted octanol–water partition coefficient (Wildman–Crippen LogP) is 2.80. The van der Waals surface area contributed by atoms with Crippen molar-refractivity contribution in [1.82, 2.24) is 9.97 Å². The van der Waals surface area contributed by atoms with Gasteiger partial charge in [0.15, 0.2) is 5.69 Å². The standard InChI is InChI=1S/C14H21N3O2/c1-9(2)10-5-3-4-6-11(10)16-14-15-8-7-12(17-14)13(18)19/h7-11H,3-6H2,1-2H3,(H,18,19)(H,15,16,17). The number of anilines is 1. The van der Waals surface area contributed by atoms with Crippen molar-refractivity contribution in [1.29, 1.82) is 0 Å². The van der Waals surface area contributed by atoms with Crippen LogP contribution >= 0.6 is 0 Å². The van der Waals surface area contributed by atoms with Crippen molar-refractivity contribution in [2.45, 2.75) is 45.6 Å². The highest BCUT2D eigenvalue weighted by molar-refractivity contribution is 5.85. The average Bonchev–Trinajstić information content (AvgIpc) is 2.39. The molecular formula is C14H21N3O2. The van der Waals surface area contributed by atoms with Crippen LogP contribution in [-0.2, 0) is 0 Å². The van der Waals surface area contributed by atoms with Gasteiger partial charge in [0, 0.05) is 12.2 Å². The van der Waals surface area contributed by atoms with Gasteiger partial charge in [-0.15, -0.1) is 0 Å². The van der Waals surface area contributed by atoms with E-state index in [0.717, 1.165) is 6.42 Å². The van der Waals surface area contributed by atoms with Gasteiger partial charge in [0.1, 0.15) is 0 Å². The van der Waals surface area contributed by atoms with E-state index in [1.807, 2.05) is 0 Å². The lowest BCUT2D eigenvalue weighted by molar-refractivity contribution is 0.0690. The van der Waals surface area contributed by atoms with E-state index >= 15 is 0 Å². The zero-order chi connectivity index (χ0) is 13.8. The Morgan fingerprint density at radius 1 is 1.42 bits per heavy atom. The number of carbonyl (C=O) groups is 1. The molecule has 5 heteroatoms. The molecule has 1 aromatic rings. The summed E-state index contributed by atoms with van der Waals surface area (Å²) in [7, 11) is 0. The summed E-state index contributed by atoms with van der Waals surface area (Å²) < 4.78 is 0. The predicted molar refractivity (Wildman–Crippen MR) is 73.2 cm³/mol. The highest BCUT2D eigenvalue weighted by Crippen LogP contribution is 2.31. The number of aromatic carboxylic acids is 1. The highest BCUT2D eigenvalue weighted by atomic mass is 16.4. The lowest BCUT2D eigenvalue weighted by atomic mass is 9.78. The molecule has 19 heavy (non-hydrogen) atoms. The summed E-state index contributed by atoms with van der Waals surface area (Å²) in [6.45, 7) is 4.47. The van der Waals surface area contributed by atoms with Gasteiger partial charge in [-0.3, -0.25) is 0 Å². The van der Waals surface area contributed by atoms with Crippen LogP contribution in [-0.4, -0.2) is 27.1 Å². The third kappa shape index (κ3) is 3.43. The maximum Gasteiger partial charge on any atom is 0.354 e. The summed E-state index contributed by atoms with van der Waals surface area (Å²) in [5, 5.41) is 12.3. The Kier molecular flexibility index (Phi) is 4.35. The van der Waals surface area contributed by atoms with Crippen LogP contribution in [0.4, 0.5) is 5.95 Å². The van der Waals surface area contributed by atoms with Gasteiger partial charge >= 0.3 is 5.97 Å². The van der Waals surface area contributed by atoms with E-state index in [1.54, 1.807) is 0 Å². The highest BCUT2D eigenvalue weighted by Gasteiger charge is 2.28. The van der Waals surface area contributed by atoms with E-state index < -0.39 is 5.97 Å². The van der Waals surface area contributed by atoms with Crippen molar-refractivity contribution >= 4 is 11.9 Å². The van der Waals surface area contributed by atoms with Crippen LogP contribution < -0.4 is 5.32 Å². The van der Waals surface area contributed by atoms with E-state index in [-0.39, 0.29) is 5.69 Å². The molecule has 2 atom stereocenters. The first-order valence-corrected chi connectivity index (χ1v) is 6.91. The third-order valence-electron chi connectivity index (χ3n) is 3.86. The van der Waals surface area contributed by atoms with Crippen LogP contribution in [0.3, 0.4) is 0 Å². The lowest BCUT2D eigenvalue weighted by Gasteiger charge is -2.34. The Morgan fingerprint density at radius 3 is 2.84 bits per heavy atom. The zero-order valence-electron chi connectivity index (χ0n) is 11.5. The number of hydrogen-bond donors (Lipinski definition) is 2. The second kappa shape index (κ2) is 5.99. The van der Waals surface area contributed by atoms with Gasteiger partial charge in [0.05, 0.1) is 0 Å². The first-order chi connectivity index (χ1) is 9.08. The fraction of sp³-hybridized carbons (Fsp3) is 0.643. The van der Waals surface area contributed by atoms with E-state index in [1.165, 1.54) is 31.5 Å². The molecular weight excluding hydrogens is 242 g/mol. The fourth-order valence-electron chi connectivity index (χ4n) is 2.85. The zero-order valence-corrected chi connectivity index (χ0v) is 11.5. The molecule has 0 spiro atoms. The van der Waals surface area contributed by atoms with Crippen molar-refractivity contribution in [3.63, 3.8) is 0 Å². The lowest BCUT2D eigenvalue weighted by Crippen LogP contribution is -2.35. The molecule has 0 bridgehead atoms. The molecule has 1 fully saturated rings. The van der Waals surface area contributed by atoms with Crippen molar-refractivity contribution in [2.24, 2.45) is 11.8 Å². The molecule has 0 saturated heterocycles. The van der Waals surface area contributed by atoms with E-state index in [4.69, 9.17) is 5.11 Å².